The standard InChI is InChI=1S/C19H20N2O3S/c1-13-6-7-14-8-11-21(17(14)12-13)25(23,24)18-5-3-4-16-15(18)9-10-20(2)19(16)22/h3-5,9-10,12H,6-8,11H2,1-2H3. The molecule has 4 rings (SSSR count). The van der Waals surface area contributed by atoms with Gasteiger partial charge in [-0.15, -0.1) is 0 Å². The highest BCUT2D eigenvalue weighted by atomic mass is 32.2. The Kier molecular flexibility index (Phi) is 3.61. The lowest BCUT2D eigenvalue weighted by molar-refractivity contribution is 0.506. The summed E-state index contributed by atoms with van der Waals surface area (Å²) in [6.45, 7) is 2.51. The van der Waals surface area contributed by atoms with Gasteiger partial charge in [-0.3, -0.25) is 9.10 Å². The molecule has 1 aliphatic carbocycles. The Morgan fingerprint density at radius 2 is 1.84 bits per heavy atom. The molecule has 0 radical (unpaired) electrons. The number of hydrogen-bond acceptors (Lipinski definition) is 3. The summed E-state index contributed by atoms with van der Waals surface area (Å²) in [7, 11) is -2.04. The number of rotatable bonds is 2. The van der Waals surface area contributed by atoms with Crippen molar-refractivity contribution < 1.29 is 8.42 Å². The predicted octanol–water partition coefficient (Wildman–Crippen LogP) is 2.93. The van der Waals surface area contributed by atoms with Crippen LogP contribution in [-0.4, -0.2) is 23.8 Å². The summed E-state index contributed by atoms with van der Waals surface area (Å²) in [6, 6.07) is 6.62. The molecule has 6 heteroatoms. The average Bonchev–Trinajstić information content (AvgIpc) is 3.01. The van der Waals surface area contributed by atoms with E-state index in [1.807, 2.05) is 13.0 Å². The molecule has 1 aliphatic heterocycles. The molecule has 0 saturated carbocycles. The van der Waals surface area contributed by atoms with Gasteiger partial charge in [0.25, 0.3) is 15.6 Å². The molecule has 0 saturated heterocycles. The van der Waals surface area contributed by atoms with Crippen LogP contribution in [0.1, 0.15) is 26.2 Å². The summed E-state index contributed by atoms with van der Waals surface area (Å²) < 4.78 is 29.7. The van der Waals surface area contributed by atoms with Gasteiger partial charge in [0.2, 0.25) is 0 Å². The number of fused-ring (bicyclic) bond motifs is 1. The van der Waals surface area contributed by atoms with Crippen LogP contribution < -0.4 is 5.56 Å². The minimum absolute atomic E-state index is 0.190. The number of benzene rings is 1. The lowest BCUT2D eigenvalue weighted by Gasteiger charge is -2.23. The Morgan fingerprint density at radius 1 is 1.04 bits per heavy atom. The van der Waals surface area contributed by atoms with E-state index < -0.39 is 10.0 Å². The number of allylic oxidation sites excluding steroid dienone is 2. The van der Waals surface area contributed by atoms with Crippen LogP contribution in [0.2, 0.25) is 0 Å². The highest BCUT2D eigenvalue weighted by molar-refractivity contribution is 7.89. The van der Waals surface area contributed by atoms with E-state index in [4.69, 9.17) is 0 Å². The van der Waals surface area contributed by atoms with Crippen molar-refractivity contribution in [1.29, 1.82) is 0 Å². The normalized spacial score (nSPS) is 17.8. The van der Waals surface area contributed by atoms with Gasteiger partial charge in [-0.1, -0.05) is 11.6 Å². The van der Waals surface area contributed by atoms with Gasteiger partial charge in [-0.2, -0.15) is 0 Å². The van der Waals surface area contributed by atoms with Crippen molar-refractivity contribution in [2.75, 3.05) is 6.54 Å². The van der Waals surface area contributed by atoms with E-state index in [1.54, 1.807) is 37.5 Å². The molecular weight excluding hydrogens is 336 g/mol. The molecule has 0 atom stereocenters. The predicted molar refractivity (Wildman–Crippen MR) is 97.7 cm³/mol. The molecule has 1 aromatic carbocycles. The van der Waals surface area contributed by atoms with Crippen molar-refractivity contribution in [3.8, 4) is 0 Å². The zero-order valence-corrected chi connectivity index (χ0v) is 15.1. The third-order valence-corrected chi connectivity index (χ3v) is 6.97. The molecular formula is C19H20N2O3S. The molecule has 2 aliphatic rings. The highest BCUT2D eigenvalue weighted by Gasteiger charge is 2.34. The van der Waals surface area contributed by atoms with Crippen molar-refractivity contribution in [3.63, 3.8) is 0 Å². The number of nitrogens with zero attached hydrogens (tertiary/aromatic N) is 2. The Balaban J connectivity index is 1.90. The van der Waals surface area contributed by atoms with Crippen molar-refractivity contribution in [1.82, 2.24) is 8.87 Å². The molecule has 0 fully saturated rings. The van der Waals surface area contributed by atoms with Crippen molar-refractivity contribution in [2.24, 2.45) is 7.05 Å². The largest absolute Gasteiger partial charge is 0.318 e. The topological polar surface area (TPSA) is 59.4 Å². The quantitative estimate of drug-likeness (QED) is 0.831. The molecule has 0 amide bonds. The molecule has 0 bridgehead atoms. The molecule has 2 aromatic rings. The SMILES string of the molecule is CC1=CC2=C(CC1)CCN2S(=O)(=O)c1cccc2c(=O)n(C)ccc12. The van der Waals surface area contributed by atoms with Crippen LogP contribution in [0, 0.1) is 0 Å². The number of aryl methyl sites for hydroxylation is 1. The maximum Gasteiger partial charge on any atom is 0.264 e. The molecule has 5 nitrogen and oxygen atoms in total. The van der Waals surface area contributed by atoms with Gasteiger partial charge >= 0.3 is 0 Å². The van der Waals surface area contributed by atoms with Crippen LogP contribution in [0.3, 0.4) is 0 Å². The number of hydrogen-bond donors (Lipinski definition) is 0. The summed E-state index contributed by atoms with van der Waals surface area (Å²) in [6.07, 6.45) is 6.32. The fourth-order valence-electron chi connectivity index (χ4n) is 3.68. The van der Waals surface area contributed by atoms with Gasteiger partial charge in [0.15, 0.2) is 0 Å². The lowest BCUT2D eigenvalue weighted by Crippen LogP contribution is -2.28. The second-order valence-electron chi connectivity index (χ2n) is 6.76. The Hall–Kier alpha value is -2.34. The number of sulfonamides is 1. The maximum absolute atomic E-state index is 13.4. The van der Waals surface area contributed by atoms with E-state index >= 15 is 0 Å². The maximum atomic E-state index is 13.4. The van der Waals surface area contributed by atoms with E-state index in [9.17, 15) is 13.2 Å². The zero-order valence-electron chi connectivity index (χ0n) is 14.3. The molecule has 25 heavy (non-hydrogen) atoms. The smallest absolute Gasteiger partial charge is 0.264 e. The van der Waals surface area contributed by atoms with Gasteiger partial charge in [0.05, 0.1) is 10.6 Å². The van der Waals surface area contributed by atoms with Crippen LogP contribution in [-0.2, 0) is 17.1 Å². The fraction of sp³-hybridized carbons (Fsp3) is 0.316. The Labute approximate surface area is 146 Å². The second kappa shape index (κ2) is 5.59. The van der Waals surface area contributed by atoms with Crippen LogP contribution >= 0.6 is 0 Å². The van der Waals surface area contributed by atoms with Crippen LogP contribution in [0.5, 0.6) is 0 Å². The Bertz CT molecular complexity index is 1110. The van der Waals surface area contributed by atoms with E-state index in [0.717, 1.165) is 25.0 Å². The van der Waals surface area contributed by atoms with E-state index in [2.05, 4.69) is 0 Å². The van der Waals surface area contributed by atoms with E-state index in [0.29, 0.717) is 17.3 Å². The van der Waals surface area contributed by atoms with Crippen molar-refractivity contribution in [3.05, 3.63) is 63.7 Å². The van der Waals surface area contributed by atoms with Crippen molar-refractivity contribution >= 4 is 20.8 Å². The van der Waals surface area contributed by atoms with Gasteiger partial charge in [-0.25, -0.2) is 8.42 Å². The third-order valence-electron chi connectivity index (χ3n) is 5.10. The fourth-order valence-corrected chi connectivity index (χ4v) is 5.40. The van der Waals surface area contributed by atoms with Crippen LogP contribution in [0.15, 0.2) is 63.1 Å². The average molecular weight is 356 g/mol. The van der Waals surface area contributed by atoms with Gasteiger partial charge in [-0.05, 0) is 56.0 Å². The first kappa shape index (κ1) is 16.1. The van der Waals surface area contributed by atoms with E-state index in [-0.39, 0.29) is 10.5 Å². The molecule has 0 unspecified atom stereocenters. The third kappa shape index (κ3) is 2.43. The van der Waals surface area contributed by atoms with Gasteiger partial charge in [0, 0.05) is 30.6 Å². The molecule has 0 N–H and O–H groups in total. The number of aromatic nitrogens is 1. The second-order valence-corrected chi connectivity index (χ2v) is 8.59. The minimum Gasteiger partial charge on any atom is -0.318 e. The summed E-state index contributed by atoms with van der Waals surface area (Å²) in [5.41, 5.74) is 3.05. The summed E-state index contributed by atoms with van der Waals surface area (Å²) >= 11 is 0. The van der Waals surface area contributed by atoms with Gasteiger partial charge < -0.3 is 4.57 Å². The molecule has 2 heterocycles. The summed E-state index contributed by atoms with van der Waals surface area (Å²) in [5, 5.41) is 0.908. The minimum atomic E-state index is -3.71. The number of pyridine rings is 1. The first-order chi connectivity index (χ1) is 11.9. The highest BCUT2D eigenvalue weighted by Crippen LogP contribution is 2.37. The summed E-state index contributed by atoms with van der Waals surface area (Å²) in [4.78, 5) is 12.5. The van der Waals surface area contributed by atoms with Crippen molar-refractivity contribution in [2.45, 2.75) is 31.1 Å². The lowest BCUT2D eigenvalue weighted by atomic mass is 9.97. The first-order valence-electron chi connectivity index (χ1n) is 8.40. The van der Waals surface area contributed by atoms with Crippen LogP contribution in [0.25, 0.3) is 10.8 Å². The zero-order chi connectivity index (χ0) is 17.8. The summed E-state index contributed by atoms with van der Waals surface area (Å²) in [5.74, 6) is 0. The molecule has 130 valence electrons. The monoisotopic (exact) mass is 356 g/mol. The van der Waals surface area contributed by atoms with Gasteiger partial charge in [0.1, 0.15) is 0 Å². The molecule has 0 spiro atoms. The molecule has 1 aromatic heterocycles. The van der Waals surface area contributed by atoms with Crippen LogP contribution in [0.4, 0.5) is 0 Å². The Morgan fingerprint density at radius 3 is 2.64 bits per heavy atom. The first-order valence-corrected chi connectivity index (χ1v) is 9.84. The van der Waals surface area contributed by atoms with E-state index in [1.165, 1.54) is 20.0 Å².